The van der Waals surface area contributed by atoms with E-state index in [1.165, 1.54) is 6.07 Å². The summed E-state index contributed by atoms with van der Waals surface area (Å²) in [6, 6.07) is 6.51. The van der Waals surface area contributed by atoms with Crippen molar-refractivity contribution >= 4 is 0 Å². The van der Waals surface area contributed by atoms with Crippen molar-refractivity contribution in [1.29, 1.82) is 0 Å². The molecule has 4 heteroatoms. The summed E-state index contributed by atoms with van der Waals surface area (Å²) in [6.45, 7) is 8.96. The highest BCUT2D eigenvalue weighted by atomic mass is 19.1. The van der Waals surface area contributed by atoms with Crippen molar-refractivity contribution in [2.45, 2.75) is 44.9 Å². The first-order valence-electron chi connectivity index (χ1n) is 7.27. The molecule has 1 fully saturated rings. The van der Waals surface area contributed by atoms with Crippen molar-refractivity contribution in [3.05, 3.63) is 35.6 Å². The van der Waals surface area contributed by atoms with E-state index in [-0.39, 0.29) is 23.6 Å². The van der Waals surface area contributed by atoms with Crippen LogP contribution in [-0.2, 0) is 4.74 Å². The number of hydrogen-bond acceptors (Lipinski definition) is 3. The zero-order valence-electron chi connectivity index (χ0n) is 12.6. The molecule has 1 aromatic carbocycles. The molecule has 1 saturated heterocycles. The fraction of sp³-hybridized carbons (Fsp3) is 0.625. The van der Waals surface area contributed by atoms with Crippen LogP contribution >= 0.6 is 0 Å². The van der Waals surface area contributed by atoms with Gasteiger partial charge in [0.15, 0.2) is 0 Å². The van der Waals surface area contributed by atoms with Gasteiger partial charge in [0.05, 0.1) is 11.7 Å². The molecule has 2 N–H and O–H groups in total. The molecule has 1 heterocycles. The summed E-state index contributed by atoms with van der Waals surface area (Å²) in [6.07, 6.45) is 0.979. The lowest BCUT2D eigenvalue weighted by molar-refractivity contribution is -0.128. The number of ether oxygens (including phenoxy) is 1. The van der Waals surface area contributed by atoms with Gasteiger partial charge in [-0.25, -0.2) is 4.39 Å². The average Bonchev–Trinajstić information content (AvgIpc) is 2.34. The Morgan fingerprint density at radius 1 is 1.45 bits per heavy atom. The van der Waals surface area contributed by atoms with Crippen LogP contribution in [0.1, 0.15) is 38.8 Å². The summed E-state index contributed by atoms with van der Waals surface area (Å²) in [5, 5.41) is 0. The molecule has 0 saturated carbocycles. The predicted molar refractivity (Wildman–Crippen MR) is 79.0 cm³/mol. The summed E-state index contributed by atoms with van der Waals surface area (Å²) in [5.41, 5.74) is 6.60. The van der Waals surface area contributed by atoms with Crippen LogP contribution in [0.4, 0.5) is 4.39 Å². The van der Waals surface area contributed by atoms with Gasteiger partial charge in [-0.3, -0.25) is 4.90 Å². The van der Waals surface area contributed by atoms with Gasteiger partial charge in [-0.15, -0.1) is 0 Å². The highest BCUT2D eigenvalue weighted by molar-refractivity contribution is 5.20. The maximum absolute atomic E-state index is 13.7. The first-order chi connectivity index (χ1) is 9.37. The number of halogens is 1. The third-order valence-electron chi connectivity index (χ3n) is 3.70. The van der Waals surface area contributed by atoms with Crippen LogP contribution < -0.4 is 5.73 Å². The van der Waals surface area contributed by atoms with E-state index in [1.807, 2.05) is 6.07 Å². The number of hydrogen-bond donors (Lipinski definition) is 1. The minimum absolute atomic E-state index is 0.125. The quantitative estimate of drug-likeness (QED) is 0.921. The van der Waals surface area contributed by atoms with E-state index in [0.717, 1.165) is 26.1 Å². The highest BCUT2D eigenvalue weighted by Crippen LogP contribution is 2.23. The number of morpholine rings is 1. The largest absolute Gasteiger partial charge is 0.370 e. The molecule has 1 aromatic rings. The van der Waals surface area contributed by atoms with Gasteiger partial charge in [-0.1, -0.05) is 18.2 Å². The van der Waals surface area contributed by atoms with Gasteiger partial charge in [0.25, 0.3) is 0 Å². The first-order valence-corrected chi connectivity index (χ1v) is 7.27. The van der Waals surface area contributed by atoms with Crippen LogP contribution in [0.3, 0.4) is 0 Å². The lowest BCUT2D eigenvalue weighted by Crippen LogP contribution is -2.52. The van der Waals surface area contributed by atoms with Crippen LogP contribution in [0.15, 0.2) is 24.3 Å². The number of nitrogens with zero attached hydrogens (tertiary/aromatic N) is 1. The monoisotopic (exact) mass is 280 g/mol. The zero-order valence-corrected chi connectivity index (χ0v) is 12.6. The number of rotatable bonds is 4. The SMILES string of the molecule is CC1CN(CCC(N)c2ccccc2F)CC(C)(C)O1. The molecule has 2 rings (SSSR count). The highest BCUT2D eigenvalue weighted by Gasteiger charge is 2.31. The van der Waals surface area contributed by atoms with E-state index in [0.29, 0.717) is 5.56 Å². The van der Waals surface area contributed by atoms with Crippen molar-refractivity contribution in [3.63, 3.8) is 0 Å². The summed E-state index contributed by atoms with van der Waals surface area (Å²) < 4.78 is 19.6. The third-order valence-corrected chi connectivity index (χ3v) is 3.70. The number of benzene rings is 1. The second-order valence-corrected chi connectivity index (χ2v) is 6.34. The van der Waals surface area contributed by atoms with Crippen molar-refractivity contribution in [2.24, 2.45) is 5.73 Å². The lowest BCUT2D eigenvalue weighted by atomic mass is 10.0. The van der Waals surface area contributed by atoms with Gasteiger partial charge in [-0.2, -0.15) is 0 Å². The smallest absolute Gasteiger partial charge is 0.127 e. The first kappa shape index (κ1) is 15.4. The Morgan fingerprint density at radius 3 is 2.80 bits per heavy atom. The zero-order chi connectivity index (χ0) is 14.8. The molecule has 0 amide bonds. The van der Waals surface area contributed by atoms with E-state index >= 15 is 0 Å². The topological polar surface area (TPSA) is 38.5 Å². The van der Waals surface area contributed by atoms with E-state index < -0.39 is 0 Å². The van der Waals surface area contributed by atoms with Gasteiger partial charge in [0.2, 0.25) is 0 Å². The molecule has 0 aromatic heterocycles. The molecule has 112 valence electrons. The molecule has 0 bridgehead atoms. The summed E-state index contributed by atoms with van der Waals surface area (Å²) in [5.74, 6) is -0.212. The van der Waals surface area contributed by atoms with Crippen molar-refractivity contribution in [2.75, 3.05) is 19.6 Å². The second kappa shape index (κ2) is 6.20. The normalized spacial score (nSPS) is 24.6. The minimum atomic E-state index is -0.252. The fourth-order valence-electron chi connectivity index (χ4n) is 3.01. The van der Waals surface area contributed by atoms with Crippen LogP contribution in [-0.4, -0.2) is 36.2 Å². The van der Waals surface area contributed by atoms with E-state index in [1.54, 1.807) is 12.1 Å². The summed E-state index contributed by atoms with van der Waals surface area (Å²) >= 11 is 0. The molecule has 20 heavy (non-hydrogen) atoms. The summed E-state index contributed by atoms with van der Waals surface area (Å²) in [7, 11) is 0. The molecule has 0 radical (unpaired) electrons. The molecular weight excluding hydrogens is 255 g/mol. The van der Waals surface area contributed by atoms with Crippen LogP contribution in [0.5, 0.6) is 0 Å². The van der Waals surface area contributed by atoms with Crippen LogP contribution in [0.25, 0.3) is 0 Å². The van der Waals surface area contributed by atoms with Crippen LogP contribution in [0, 0.1) is 5.82 Å². The van der Waals surface area contributed by atoms with Gasteiger partial charge >= 0.3 is 0 Å². The van der Waals surface area contributed by atoms with Crippen molar-refractivity contribution in [1.82, 2.24) is 4.90 Å². The third kappa shape index (κ3) is 4.01. The molecule has 3 nitrogen and oxygen atoms in total. The van der Waals surface area contributed by atoms with Crippen molar-refractivity contribution in [3.8, 4) is 0 Å². The molecule has 2 unspecified atom stereocenters. The molecule has 0 spiro atoms. The average molecular weight is 280 g/mol. The van der Waals surface area contributed by atoms with Gasteiger partial charge < -0.3 is 10.5 Å². The summed E-state index contributed by atoms with van der Waals surface area (Å²) in [4.78, 5) is 2.36. The lowest BCUT2D eigenvalue weighted by Gasteiger charge is -2.42. The van der Waals surface area contributed by atoms with Gasteiger partial charge in [0.1, 0.15) is 5.82 Å². The standard InChI is InChI=1S/C16H25FN2O/c1-12-10-19(11-16(2,3)20-12)9-8-15(18)13-6-4-5-7-14(13)17/h4-7,12,15H,8-11,18H2,1-3H3. The maximum Gasteiger partial charge on any atom is 0.127 e. The predicted octanol–water partition coefficient (Wildman–Crippen LogP) is 2.71. The second-order valence-electron chi connectivity index (χ2n) is 6.34. The number of nitrogens with two attached hydrogens (primary N) is 1. The van der Waals surface area contributed by atoms with E-state index in [4.69, 9.17) is 10.5 Å². The minimum Gasteiger partial charge on any atom is -0.370 e. The fourth-order valence-corrected chi connectivity index (χ4v) is 3.01. The van der Waals surface area contributed by atoms with E-state index in [2.05, 4.69) is 25.7 Å². The van der Waals surface area contributed by atoms with E-state index in [9.17, 15) is 4.39 Å². The van der Waals surface area contributed by atoms with Crippen molar-refractivity contribution < 1.29 is 9.13 Å². The van der Waals surface area contributed by atoms with Crippen LogP contribution in [0.2, 0.25) is 0 Å². The van der Waals surface area contributed by atoms with Gasteiger partial charge in [-0.05, 0) is 33.3 Å². The molecule has 0 aliphatic carbocycles. The Bertz CT molecular complexity index is 450. The Balaban J connectivity index is 1.90. The Labute approximate surface area is 120 Å². The Hall–Kier alpha value is -0.970. The Morgan fingerprint density at radius 2 is 2.15 bits per heavy atom. The Kier molecular flexibility index (Phi) is 4.78. The maximum atomic E-state index is 13.7. The molecule has 1 aliphatic rings. The molecule has 2 atom stereocenters. The van der Waals surface area contributed by atoms with Gasteiger partial charge in [0, 0.05) is 31.2 Å². The molecule has 1 aliphatic heterocycles. The molecular formula is C16H25FN2O.